The first kappa shape index (κ1) is 14.4. The Hall–Kier alpha value is -0.610. The number of aliphatic hydroxyl groups is 1. The zero-order chi connectivity index (χ0) is 12.1. The molecule has 0 bridgehead atoms. The van der Waals surface area contributed by atoms with Gasteiger partial charge in [0, 0.05) is 25.0 Å². The van der Waals surface area contributed by atoms with Crippen molar-refractivity contribution in [2.45, 2.75) is 52.2 Å². The molecule has 0 rings (SSSR count). The van der Waals surface area contributed by atoms with Crippen LogP contribution in [0.2, 0.25) is 0 Å². The summed E-state index contributed by atoms with van der Waals surface area (Å²) in [4.78, 5) is 11.2. The quantitative estimate of drug-likeness (QED) is 0.611. The first-order valence-electron chi connectivity index (χ1n) is 5.45. The molecule has 15 heavy (non-hydrogen) atoms. The summed E-state index contributed by atoms with van der Waals surface area (Å²) in [6.07, 6.45) is 0.438. The van der Waals surface area contributed by atoms with Crippen LogP contribution >= 0.6 is 0 Å². The van der Waals surface area contributed by atoms with E-state index in [1.54, 1.807) is 13.8 Å². The number of hydrogen-bond acceptors (Lipinski definition) is 3. The molecular weight excluding hydrogens is 192 g/mol. The topological polar surface area (TPSA) is 61.4 Å². The third-order valence-electron chi connectivity index (χ3n) is 2.82. The Morgan fingerprint density at radius 2 is 1.80 bits per heavy atom. The van der Waals surface area contributed by atoms with Gasteiger partial charge in [0.15, 0.2) is 0 Å². The molecule has 0 saturated carbocycles. The molecule has 0 spiro atoms. The molecule has 0 fully saturated rings. The number of rotatable bonds is 6. The predicted octanol–water partition coefficient (Wildman–Crippen LogP) is 0.652. The summed E-state index contributed by atoms with van der Waals surface area (Å²) in [5.41, 5.74) is -1.21. The number of carbonyl (C=O) groups is 1. The van der Waals surface area contributed by atoms with E-state index in [-0.39, 0.29) is 5.91 Å². The largest absolute Gasteiger partial charge is 0.389 e. The molecule has 0 aromatic rings. The molecule has 3 N–H and O–H groups in total. The van der Waals surface area contributed by atoms with Crippen molar-refractivity contribution in [2.24, 2.45) is 0 Å². The van der Waals surface area contributed by atoms with Crippen LogP contribution in [0, 0.1) is 0 Å². The molecule has 1 amide bonds. The van der Waals surface area contributed by atoms with Crippen LogP contribution in [-0.2, 0) is 4.79 Å². The first-order valence-corrected chi connectivity index (χ1v) is 5.45. The highest BCUT2D eigenvalue weighted by atomic mass is 16.3. The first-order chi connectivity index (χ1) is 6.70. The second-order valence-electron chi connectivity index (χ2n) is 4.81. The van der Waals surface area contributed by atoms with E-state index in [1.807, 2.05) is 20.8 Å². The van der Waals surface area contributed by atoms with Gasteiger partial charge in [-0.05, 0) is 34.6 Å². The van der Waals surface area contributed by atoms with E-state index in [4.69, 9.17) is 0 Å². The molecule has 90 valence electrons. The van der Waals surface area contributed by atoms with Crippen LogP contribution in [-0.4, -0.2) is 35.2 Å². The lowest BCUT2D eigenvalue weighted by atomic mass is 9.86. The number of hydrogen-bond donors (Lipinski definition) is 3. The molecule has 0 aromatic heterocycles. The lowest BCUT2D eigenvalue weighted by Gasteiger charge is -2.38. The van der Waals surface area contributed by atoms with Gasteiger partial charge in [-0.1, -0.05) is 0 Å². The Balaban J connectivity index is 3.91. The molecule has 4 heteroatoms. The minimum absolute atomic E-state index is 0.0385. The standard InChI is InChI=1S/C11H24N2O2/c1-6-12-9(14)7-8-13-10(2,3)11(4,5)15/h13,15H,6-8H2,1-5H3,(H,12,14). The zero-order valence-corrected chi connectivity index (χ0v) is 10.5. The average Bonchev–Trinajstić information content (AvgIpc) is 2.01. The van der Waals surface area contributed by atoms with E-state index in [9.17, 15) is 9.90 Å². The number of nitrogens with one attached hydrogen (secondary N) is 2. The maximum atomic E-state index is 11.2. The molecule has 0 unspecified atom stereocenters. The van der Waals surface area contributed by atoms with Crippen molar-refractivity contribution in [3.63, 3.8) is 0 Å². The van der Waals surface area contributed by atoms with Gasteiger partial charge in [-0.25, -0.2) is 0 Å². The lowest BCUT2D eigenvalue weighted by molar-refractivity contribution is -0.121. The van der Waals surface area contributed by atoms with Gasteiger partial charge in [0.2, 0.25) is 5.91 Å². The summed E-state index contributed by atoms with van der Waals surface area (Å²) in [7, 11) is 0. The summed E-state index contributed by atoms with van der Waals surface area (Å²) in [5, 5.41) is 15.8. The lowest BCUT2D eigenvalue weighted by Crippen LogP contribution is -2.56. The van der Waals surface area contributed by atoms with E-state index in [1.165, 1.54) is 0 Å². The SMILES string of the molecule is CCNC(=O)CCNC(C)(C)C(C)(C)O. The van der Waals surface area contributed by atoms with E-state index < -0.39 is 11.1 Å². The summed E-state index contributed by atoms with van der Waals surface area (Å²) in [6, 6.07) is 0. The molecule has 0 aliphatic heterocycles. The molecular formula is C11H24N2O2. The van der Waals surface area contributed by atoms with E-state index >= 15 is 0 Å². The second kappa shape index (κ2) is 5.47. The Labute approximate surface area is 92.4 Å². The van der Waals surface area contributed by atoms with Crippen molar-refractivity contribution >= 4 is 5.91 Å². The fraction of sp³-hybridized carbons (Fsp3) is 0.909. The third-order valence-corrected chi connectivity index (χ3v) is 2.82. The molecule has 0 saturated heterocycles. The van der Waals surface area contributed by atoms with Gasteiger partial charge < -0.3 is 15.7 Å². The van der Waals surface area contributed by atoms with Crippen LogP contribution < -0.4 is 10.6 Å². The van der Waals surface area contributed by atoms with Gasteiger partial charge in [0.1, 0.15) is 0 Å². The molecule has 0 heterocycles. The summed E-state index contributed by atoms with van der Waals surface area (Å²) < 4.78 is 0. The van der Waals surface area contributed by atoms with E-state index in [2.05, 4.69) is 10.6 Å². The monoisotopic (exact) mass is 216 g/mol. The highest BCUT2D eigenvalue weighted by Crippen LogP contribution is 2.20. The van der Waals surface area contributed by atoms with Crippen LogP contribution in [0.5, 0.6) is 0 Å². The van der Waals surface area contributed by atoms with Gasteiger partial charge in [-0.3, -0.25) is 4.79 Å². The minimum atomic E-state index is -0.811. The Morgan fingerprint density at radius 3 is 2.20 bits per heavy atom. The zero-order valence-electron chi connectivity index (χ0n) is 10.5. The van der Waals surface area contributed by atoms with Crippen LogP contribution in [0.15, 0.2) is 0 Å². The normalized spacial score (nSPS) is 12.7. The predicted molar refractivity (Wildman–Crippen MR) is 61.7 cm³/mol. The Kier molecular flexibility index (Phi) is 5.24. The summed E-state index contributed by atoms with van der Waals surface area (Å²) >= 11 is 0. The highest BCUT2D eigenvalue weighted by Gasteiger charge is 2.34. The molecule has 0 aromatic carbocycles. The Bertz CT molecular complexity index is 207. The maximum absolute atomic E-state index is 11.2. The smallest absolute Gasteiger partial charge is 0.221 e. The Morgan fingerprint density at radius 1 is 1.27 bits per heavy atom. The van der Waals surface area contributed by atoms with Crippen LogP contribution in [0.3, 0.4) is 0 Å². The van der Waals surface area contributed by atoms with E-state index in [0.29, 0.717) is 19.5 Å². The summed E-state index contributed by atoms with van der Waals surface area (Å²) in [5.74, 6) is 0.0385. The van der Waals surface area contributed by atoms with Crippen molar-refractivity contribution in [3.8, 4) is 0 Å². The van der Waals surface area contributed by atoms with Crippen LogP contribution in [0.1, 0.15) is 41.0 Å². The van der Waals surface area contributed by atoms with Crippen LogP contribution in [0.25, 0.3) is 0 Å². The van der Waals surface area contributed by atoms with Gasteiger partial charge in [0.05, 0.1) is 5.60 Å². The van der Waals surface area contributed by atoms with Gasteiger partial charge in [0.25, 0.3) is 0 Å². The molecule has 4 nitrogen and oxygen atoms in total. The van der Waals surface area contributed by atoms with Crippen LogP contribution in [0.4, 0.5) is 0 Å². The fourth-order valence-corrected chi connectivity index (χ4v) is 0.990. The number of amides is 1. The van der Waals surface area contributed by atoms with Gasteiger partial charge in [-0.15, -0.1) is 0 Å². The van der Waals surface area contributed by atoms with Crippen molar-refractivity contribution in [2.75, 3.05) is 13.1 Å². The summed E-state index contributed by atoms with van der Waals surface area (Å²) in [6.45, 7) is 10.5. The molecule has 0 aliphatic rings. The van der Waals surface area contributed by atoms with Gasteiger partial charge in [-0.2, -0.15) is 0 Å². The van der Waals surface area contributed by atoms with Crippen molar-refractivity contribution in [1.29, 1.82) is 0 Å². The molecule has 0 atom stereocenters. The molecule has 0 aliphatic carbocycles. The third kappa shape index (κ3) is 5.14. The fourth-order valence-electron chi connectivity index (χ4n) is 0.990. The minimum Gasteiger partial charge on any atom is -0.389 e. The van der Waals surface area contributed by atoms with Gasteiger partial charge >= 0.3 is 0 Å². The molecule has 0 radical (unpaired) electrons. The van der Waals surface area contributed by atoms with Crippen molar-refractivity contribution < 1.29 is 9.90 Å². The number of carbonyl (C=O) groups excluding carboxylic acids is 1. The second-order valence-corrected chi connectivity index (χ2v) is 4.81. The van der Waals surface area contributed by atoms with E-state index in [0.717, 1.165) is 0 Å². The highest BCUT2D eigenvalue weighted by molar-refractivity contribution is 5.75. The maximum Gasteiger partial charge on any atom is 0.221 e. The average molecular weight is 216 g/mol. The van der Waals surface area contributed by atoms with Crippen molar-refractivity contribution in [3.05, 3.63) is 0 Å². The van der Waals surface area contributed by atoms with Crippen molar-refractivity contribution in [1.82, 2.24) is 10.6 Å².